The van der Waals surface area contributed by atoms with E-state index in [9.17, 15) is 4.39 Å². The summed E-state index contributed by atoms with van der Waals surface area (Å²) in [6.45, 7) is 5.83. The molecule has 7 heteroatoms. The van der Waals surface area contributed by atoms with E-state index in [1.54, 1.807) is 0 Å². The fraction of sp³-hybridized carbons (Fsp3) is 0.529. The van der Waals surface area contributed by atoms with Crippen LogP contribution in [0.1, 0.15) is 22.6 Å². The van der Waals surface area contributed by atoms with Crippen molar-refractivity contribution >= 4 is 17.3 Å². The van der Waals surface area contributed by atoms with E-state index in [1.807, 2.05) is 11.3 Å². The van der Waals surface area contributed by atoms with Crippen LogP contribution in [0.25, 0.3) is 0 Å². The number of thiophene rings is 1. The van der Waals surface area contributed by atoms with Gasteiger partial charge in [0.2, 0.25) is 5.95 Å². The average Bonchev–Trinajstić information content (AvgIpc) is 3.25. The molecule has 4 rings (SSSR count). The summed E-state index contributed by atoms with van der Waals surface area (Å²) in [5.41, 5.74) is -0.0655. The van der Waals surface area contributed by atoms with Crippen molar-refractivity contribution in [3.63, 3.8) is 0 Å². The van der Waals surface area contributed by atoms with Gasteiger partial charge in [0.25, 0.3) is 0 Å². The molecule has 0 saturated carbocycles. The molecule has 5 nitrogen and oxygen atoms in total. The quantitative estimate of drug-likeness (QED) is 0.921. The Morgan fingerprint density at radius 1 is 1.42 bits per heavy atom. The third-order valence-electron chi connectivity index (χ3n) is 4.73. The third-order valence-corrected chi connectivity index (χ3v) is 5.72. The Bertz CT molecular complexity index is 707. The van der Waals surface area contributed by atoms with Crippen LogP contribution in [0.4, 0.5) is 10.3 Å². The van der Waals surface area contributed by atoms with E-state index in [-0.39, 0.29) is 11.6 Å². The van der Waals surface area contributed by atoms with Crippen LogP contribution in [0.5, 0.6) is 0 Å². The fourth-order valence-electron chi connectivity index (χ4n) is 3.64. The number of hydrogen-bond donors (Lipinski definition) is 1. The van der Waals surface area contributed by atoms with Gasteiger partial charge in [0, 0.05) is 35.8 Å². The summed E-state index contributed by atoms with van der Waals surface area (Å²) in [6.07, 6.45) is 4.36. The standard InChI is InChI=1S/C17H21FN4OS/c1-12-2-3-15(24-12)9-22-5-4-17(11-22)6-14(10-23-17)21-16-19-7-13(18)8-20-16/h2-3,7-8,14H,4-6,9-11H2,1H3,(H,19,20,21)/t14-,17+/m0/s1. The van der Waals surface area contributed by atoms with Gasteiger partial charge in [-0.25, -0.2) is 14.4 Å². The molecule has 2 saturated heterocycles. The molecule has 2 atom stereocenters. The van der Waals surface area contributed by atoms with Crippen molar-refractivity contribution in [3.8, 4) is 0 Å². The van der Waals surface area contributed by atoms with Gasteiger partial charge < -0.3 is 10.1 Å². The monoisotopic (exact) mass is 348 g/mol. The number of ether oxygens (including phenoxy) is 1. The maximum Gasteiger partial charge on any atom is 0.223 e. The summed E-state index contributed by atoms with van der Waals surface area (Å²) < 4.78 is 19.0. The Kier molecular flexibility index (Phi) is 4.24. The highest BCUT2D eigenvalue weighted by atomic mass is 32.1. The van der Waals surface area contributed by atoms with E-state index >= 15 is 0 Å². The second-order valence-electron chi connectivity index (χ2n) is 6.74. The number of aromatic nitrogens is 2. The van der Waals surface area contributed by atoms with E-state index in [2.05, 4.69) is 39.2 Å². The second kappa shape index (κ2) is 6.38. The number of halogens is 1. The van der Waals surface area contributed by atoms with Crippen molar-refractivity contribution in [2.75, 3.05) is 25.0 Å². The lowest BCUT2D eigenvalue weighted by Gasteiger charge is -2.23. The Labute approximate surface area is 144 Å². The summed E-state index contributed by atoms with van der Waals surface area (Å²) in [6, 6.07) is 4.58. The predicted octanol–water partition coefficient (Wildman–Crippen LogP) is 2.83. The Balaban J connectivity index is 1.33. The molecule has 2 fully saturated rings. The van der Waals surface area contributed by atoms with E-state index in [4.69, 9.17) is 4.74 Å². The van der Waals surface area contributed by atoms with Crippen LogP contribution in [0.2, 0.25) is 0 Å². The van der Waals surface area contributed by atoms with Crippen molar-refractivity contribution in [2.24, 2.45) is 0 Å². The van der Waals surface area contributed by atoms with Gasteiger partial charge in [-0.2, -0.15) is 0 Å². The molecule has 2 aromatic rings. The van der Waals surface area contributed by atoms with E-state index < -0.39 is 5.82 Å². The van der Waals surface area contributed by atoms with Crippen molar-refractivity contribution in [3.05, 3.63) is 40.1 Å². The maximum absolute atomic E-state index is 12.9. The van der Waals surface area contributed by atoms with E-state index in [0.29, 0.717) is 12.6 Å². The zero-order valence-electron chi connectivity index (χ0n) is 13.7. The van der Waals surface area contributed by atoms with Gasteiger partial charge in [-0.1, -0.05) is 0 Å². The zero-order chi connectivity index (χ0) is 16.6. The molecule has 2 aromatic heterocycles. The molecular weight excluding hydrogens is 327 g/mol. The molecule has 24 heavy (non-hydrogen) atoms. The lowest BCUT2D eigenvalue weighted by Crippen LogP contribution is -2.33. The summed E-state index contributed by atoms with van der Waals surface area (Å²) in [7, 11) is 0. The average molecular weight is 348 g/mol. The number of anilines is 1. The van der Waals surface area contributed by atoms with Crippen LogP contribution in [0, 0.1) is 12.7 Å². The minimum atomic E-state index is -0.421. The second-order valence-corrected chi connectivity index (χ2v) is 8.11. The predicted molar refractivity (Wildman–Crippen MR) is 91.7 cm³/mol. The molecule has 0 aliphatic carbocycles. The van der Waals surface area contributed by atoms with Gasteiger partial charge in [-0.15, -0.1) is 11.3 Å². The Morgan fingerprint density at radius 2 is 2.25 bits per heavy atom. The highest BCUT2D eigenvalue weighted by Crippen LogP contribution is 2.36. The molecule has 0 radical (unpaired) electrons. The topological polar surface area (TPSA) is 50.3 Å². The van der Waals surface area contributed by atoms with Crippen molar-refractivity contribution < 1.29 is 9.13 Å². The number of aryl methyl sites for hydroxylation is 1. The van der Waals surface area contributed by atoms with Crippen LogP contribution >= 0.6 is 11.3 Å². The van der Waals surface area contributed by atoms with Crippen LogP contribution in [0.15, 0.2) is 24.5 Å². The minimum absolute atomic E-state index is 0.0655. The first-order valence-corrected chi connectivity index (χ1v) is 9.08. The largest absolute Gasteiger partial charge is 0.371 e. The van der Waals surface area contributed by atoms with Gasteiger partial charge in [-0.3, -0.25) is 4.90 Å². The van der Waals surface area contributed by atoms with Gasteiger partial charge in [0.15, 0.2) is 5.82 Å². The van der Waals surface area contributed by atoms with Crippen molar-refractivity contribution in [2.45, 2.75) is 38.0 Å². The molecule has 2 aliphatic heterocycles. The molecule has 2 aliphatic rings. The molecular formula is C17H21FN4OS. The molecule has 0 amide bonds. The number of nitrogens with one attached hydrogen (secondary N) is 1. The fourth-order valence-corrected chi connectivity index (χ4v) is 4.58. The minimum Gasteiger partial charge on any atom is -0.371 e. The van der Waals surface area contributed by atoms with Gasteiger partial charge in [0.05, 0.1) is 30.6 Å². The smallest absolute Gasteiger partial charge is 0.223 e. The normalized spacial score (nSPS) is 27.2. The molecule has 128 valence electrons. The lowest BCUT2D eigenvalue weighted by molar-refractivity contribution is 0.0120. The van der Waals surface area contributed by atoms with Crippen LogP contribution < -0.4 is 5.32 Å². The third kappa shape index (κ3) is 3.43. The number of rotatable bonds is 4. The first-order valence-electron chi connectivity index (χ1n) is 8.26. The maximum atomic E-state index is 12.9. The highest BCUT2D eigenvalue weighted by molar-refractivity contribution is 7.11. The molecule has 0 unspecified atom stereocenters. The summed E-state index contributed by atoms with van der Waals surface area (Å²) in [4.78, 5) is 13.2. The summed E-state index contributed by atoms with van der Waals surface area (Å²) in [5, 5.41) is 3.26. The van der Waals surface area contributed by atoms with Gasteiger partial charge in [-0.05, 0) is 25.5 Å². The van der Waals surface area contributed by atoms with Crippen molar-refractivity contribution in [1.82, 2.24) is 14.9 Å². The highest BCUT2D eigenvalue weighted by Gasteiger charge is 2.45. The van der Waals surface area contributed by atoms with Crippen LogP contribution in [-0.4, -0.2) is 46.2 Å². The van der Waals surface area contributed by atoms with Crippen LogP contribution in [0.3, 0.4) is 0 Å². The molecule has 4 heterocycles. The van der Waals surface area contributed by atoms with E-state index in [0.717, 1.165) is 32.5 Å². The Morgan fingerprint density at radius 3 is 3.00 bits per heavy atom. The summed E-state index contributed by atoms with van der Waals surface area (Å²) >= 11 is 1.87. The first-order chi connectivity index (χ1) is 11.6. The number of hydrogen-bond acceptors (Lipinski definition) is 6. The Hall–Kier alpha value is -1.57. The first kappa shape index (κ1) is 15.9. The number of likely N-dealkylation sites (tertiary alicyclic amines) is 1. The lowest BCUT2D eigenvalue weighted by atomic mass is 9.97. The number of nitrogens with zero attached hydrogens (tertiary/aromatic N) is 3. The zero-order valence-corrected chi connectivity index (χ0v) is 14.5. The molecule has 1 N–H and O–H groups in total. The summed E-state index contributed by atoms with van der Waals surface area (Å²) in [5.74, 6) is 0.0425. The molecule has 1 spiro atoms. The van der Waals surface area contributed by atoms with Crippen molar-refractivity contribution in [1.29, 1.82) is 0 Å². The molecule has 0 aromatic carbocycles. The van der Waals surface area contributed by atoms with Gasteiger partial charge >= 0.3 is 0 Å². The van der Waals surface area contributed by atoms with Gasteiger partial charge in [0.1, 0.15) is 0 Å². The van der Waals surface area contributed by atoms with E-state index in [1.165, 1.54) is 22.1 Å². The molecule has 0 bridgehead atoms. The van der Waals surface area contributed by atoms with Crippen LogP contribution in [-0.2, 0) is 11.3 Å². The SMILES string of the molecule is Cc1ccc(CN2CC[C@@]3(C[C@H](Nc4ncc(F)cn4)CO3)C2)s1.